The molecule has 0 saturated carbocycles. The standard InChI is InChI=1S/C22H24N4O2/c1-26(2)11-12-28-21-14-19(22(24-21)15-7-9-23-10-8-15)17-3-5-18-16(13-17)4-6-20(18)25-27/h3,5,7-10,13-14,24,27H,4,6,11-12H2,1-2H3/b25-20+. The normalized spacial score (nSPS) is 14.6. The van der Waals surface area contributed by atoms with Gasteiger partial charge in [0, 0.05) is 41.7 Å². The lowest BCUT2D eigenvalue weighted by Gasteiger charge is -2.09. The average molecular weight is 376 g/mol. The lowest BCUT2D eigenvalue weighted by Crippen LogP contribution is -2.19. The summed E-state index contributed by atoms with van der Waals surface area (Å²) in [6.45, 7) is 1.46. The smallest absolute Gasteiger partial charge is 0.191 e. The van der Waals surface area contributed by atoms with Crippen LogP contribution >= 0.6 is 0 Å². The zero-order valence-corrected chi connectivity index (χ0v) is 16.1. The van der Waals surface area contributed by atoms with Crippen molar-refractivity contribution in [1.82, 2.24) is 14.9 Å². The van der Waals surface area contributed by atoms with Gasteiger partial charge in [-0.25, -0.2) is 0 Å². The van der Waals surface area contributed by atoms with E-state index in [9.17, 15) is 5.21 Å². The van der Waals surface area contributed by atoms with E-state index in [1.54, 1.807) is 12.4 Å². The number of pyridine rings is 1. The molecule has 1 aromatic carbocycles. The molecule has 4 rings (SSSR count). The largest absolute Gasteiger partial charge is 0.478 e. The Labute approximate surface area is 164 Å². The molecule has 6 heteroatoms. The number of aromatic amines is 1. The van der Waals surface area contributed by atoms with Crippen molar-refractivity contribution < 1.29 is 9.94 Å². The minimum Gasteiger partial charge on any atom is -0.478 e. The first-order chi connectivity index (χ1) is 13.7. The van der Waals surface area contributed by atoms with Crippen LogP contribution in [-0.2, 0) is 6.42 Å². The molecule has 0 spiro atoms. The number of hydrogen-bond donors (Lipinski definition) is 2. The first-order valence-corrected chi connectivity index (χ1v) is 9.41. The summed E-state index contributed by atoms with van der Waals surface area (Å²) in [6, 6.07) is 12.3. The van der Waals surface area contributed by atoms with E-state index in [0.717, 1.165) is 58.9 Å². The predicted molar refractivity (Wildman–Crippen MR) is 110 cm³/mol. The van der Waals surface area contributed by atoms with Crippen molar-refractivity contribution in [3.63, 3.8) is 0 Å². The molecule has 3 aromatic rings. The van der Waals surface area contributed by atoms with Gasteiger partial charge in [-0.2, -0.15) is 0 Å². The van der Waals surface area contributed by atoms with Gasteiger partial charge in [-0.15, -0.1) is 0 Å². The van der Waals surface area contributed by atoms with E-state index < -0.39 is 0 Å². The third-order valence-electron chi connectivity index (χ3n) is 5.04. The van der Waals surface area contributed by atoms with Crippen molar-refractivity contribution in [2.75, 3.05) is 27.2 Å². The number of rotatable bonds is 6. The molecule has 2 N–H and O–H groups in total. The molecule has 2 aromatic heterocycles. The van der Waals surface area contributed by atoms with E-state index in [2.05, 4.69) is 38.2 Å². The van der Waals surface area contributed by atoms with Crippen molar-refractivity contribution in [1.29, 1.82) is 0 Å². The quantitative estimate of drug-likeness (QED) is 0.507. The number of hydrogen-bond acceptors (Lipinski definition) is 5. The van der Waals surface area contributed by atoms with Gasteiger partial charge in [-0.05, 0) is 50.2 Å². The summed E-state index contributed by atoms with van der Waals surface area (Å²) < 4.78 is 5.94. The van der Waals surface area contributed by atoms with Crippen LogP contribution in [0.4, 0.5) is 0 Å². The first kappa shape index (κ1) is 18.3. The van der Waals surface area contributed by atoms with E-state index in [1.807, 2.05) is 32.3 Å². The number of nitrogens with one attached hydrogen (secondary N) is 1. The molecule has 0 radical (unpaired) electrons. The number of likely N-dealkylation sites (N-methyl/N-ethyl adjacent to an activating group) is 1. The average Bonchev–Trinajstić information content (AvgIpc) is 3.32. The highest BCUT2D eigenvalue weighted by atomic mass is 16.5. The molecule has 0 atom stereocenters. The SMILES string of the molecule is CN(C)CCOc1cc(-c2ccc3c(c2)CC/C3=N\O)c(-c2ccncc2)[nH]1. The second-order valence-corrected chi connectivity index (χ2v) is 7.23. The molecule has 0 aliphatic heterocycles. The van der Waals surface area contributed by atoms with Crippen molar-refractivity contribution in [3.8, 4) is 28.3 Å². The van der Waals surface area contributed by atoms with E-state index in [4.69, 9.17) is 4.74 Å². The van der Waals surface area contributed by atoms with Crippen LogP contribution in [-0.4, -0.2) is 53.0 Å². The Bertz CT molecular complexity index is 993. The second kappa shape index (κ2) is 7.86. The summed E-state index contributed by atoms with van der Waals surface area (Å²) in [5.41, 5.74) is 7.28. The Hall–Kier alpha value is -3.12. The van der Waals surface area contributed by atoms with Crippen LogP contribution < -0.4 is 4.74 Å². The molecule has 0 amide bonds. The van der Waals surface area contributed by atoms with Crippen LogP contribution in [0.2, 0.25) is 0 Å². The number of H-pyrrole nitrogens is 1. The van der Waals surface area contributed by atoms with Gasteiger partial charge in [-0.1, -0.05) is 23.4 Å². The number of benzene rings is 1. The fourth-order valence-electron chi connectivity index (χ4n) is 3.56. The minimum absolute atomic E-state index is 0.614. The van der Waals surface area contributed by atoms with Crippen LogP contribution in [0.3, 0.4) is 0 Å². The number of aryl methyl sites for hydroxylation is 1. The zero-order chi connectivity index (χ0) is 19.5. The van der Waals surface area contributed by atoms with Crippen LogP contribution in [0.5, 0.6) is 5.88 Å². The van der Waals surface area contributed by atoms with Gasteiger partial charge in [0.2, 0.25) is 0 Å². The molecular weight excluding hydrogens is 352 g/mol. The third-order valence-corrected chi connectivity index (χ3v) is 5.04. The van der Waals surface area contributed by atoms with E-state index >= 15 is 0 Å². The maximum absolute atomic E-state index is 9.17. The Morgan fingerprint density at radius 1 is 1.07 bits per heavy atom. The molecule has 0 fully saturated rings. The number of oxime groups is 1. The van der Waals surface area contributed by atoms with Crippen molar-refractivity contribution >= 4 is 5.71 Å². The van der Waals surface area contributed by atoms with Gasteiger partial charge in [0.15, 0.2) is 5.88 Å². The monoisotopic (exact) mass is 376 g/mol. The molecule has 6 nitrogen and oxygen atoms in total. The van der Waals surface area contributed by atoms with Gasteiger partial charge in [-0.3, -0.25) is 4.98 Å². The molecule has 0 unspecified atom stereocenters. The van der Waals surface area contributed by atoms with Crippen molar-refractivity contribution in [2.45, 2.75) is 12.8 Å². The van der Waals surface area contributed by atoms with Crippen LogP contribution in [0.25, 0.3) is 22.4 Å². The molecule has 0 bridgehead atoms. The molecule has 1 aliphatic rings. The number of aromatic nitrogens is 2. The Kier molecular flexibility index (Phi) is 5.12. The van der Waals surface area contributed by atoms with Gasteiger partial charge in [0.25, 0.3) is 0 Å². The highest BCUT2D eigenvalue weighted by Gasteiger charge is 2.20. The molecule has 144 valence electrons. The maximum Gasteiger partial charge on any atom is 0.191 e. The first-order valence-electron chi connectivity index (χ1n) is 9.41. The molecule has 0 saturated heterocycles. The van der Waals surface area contributed by atoms with E-state index in [0.29, 0.717) is 6.61 Å². The lowest BCUT2D eigenvalue weighted by atomic mass is 9.98. The Morgan fingerprint density at radius 2 is 1.89 bits per heavy atom. The Morgan fingerprint density at radius 3 is 2.64 bits per heavy atom. The summed E-state index contributed by atoms with van der Waals surface area (Å²) >= 11 is 0. The highest BCUT2D eigenvalue weighted by Crippen LogP contribution is 2.37. The fraction of sp³-hybridized carbons (Fsp3) is 0.273. The highest BCUT2D eigenvalue weighted by molar-refractivity contribution is 6.04. The van der Waals surface area contributed by atoms with Crippen LogP contribution in [0.1, 0.15) is 17.5 Å². The summed E-state index contributed by atoms with van der Waals surface area (Å²) in [5, 5.41) is 12.6. The maximum atomic E-state index is 9.17. The second-order valence-electron chi connectivity index (χ2n) is 7.23. The van der Waals surface area contributed by atoms with Crippen molar-refractivity contribution in [3.05, 3.63) is 59.9 Å². The predicted octanol–water partition coefficient (Wildman–Crippen LogP) is 3.81. The minimum atomic E-state index is 0.614. The molecule has 2 heterocycles. The zero-order valence-electron chi connectivity index (χ0n) is 16.1. The summed E-state index contributed by atoms with van der Waals surface area (Å²) in [7, 11) is 4.06. The molecular formula is C22H24N4O2. The summed E-state index contributed by atoms with van der Waals surface area (Å²) in [4.78, 5) is 9.64. The Balaban J connectivity index is 1.72. The van der Waals surface area contributed by atoms with E-state index in [-0.39, 0.29) is 0 Å². The van der Waals surface area contributed by atoms with Gasteiger partial charge < -0.3 is 19.8 Å². The number of fused-ring (bicyclic) bond motifs is 1. The van der Waals surface area contributed by atoms with Crippen molar-refractivity contribution in [2.24, 2.45) is 5.16 Å². The van der Waals surface area contributed by atoms with Gasteiger partial charge in [0.05, 0.1) is 11.4 Å². The number of ether oxygens (including phenoxy) is 1. The van der Waals surface area contributed by atoms with Gasteiger partial charge >= 0.3 is 0 Å². The third kappa shape index (κ3) is 3.64. The van der Waals surface area contributed by atoms with Gasteiger partial charge in [0.1, 0.15) is 6.61 Å². The lowest BCUT2D eigenvalue weighted by molar-refractivity contribution is 0.255. The summed E-state index contributed by atoms with van der Waals surface area (Å²) in [5.74, 6) is 0.752. The topological polar surface area (TPSA) is 73.7 Å². The molecule has 1 aliphatic carbocycles. The number of nitrogens with zero attached hydrogens (tertiary/aromatic N) is 3. The fourth-order valence-corrected chi connectivity index (χ4v) is 3.56. The summed E-state index contributed by atoms with van der Waals surface area (Å²) in [6.07, 6.45) is 5.25. The van der Waals surface area contributed by atoms with E-state index in [1.165, 1.54) is 5.56 Å². The van der Waals surface area contributed by atoms with Crippen LogP contribution in [0, 0.1) is 0 Å². The molecule has 28 heavy (non-hydrogen) atoms. The van der Waals surface area contributed by atoms with Crippen LogP contribution in [0.15, 0.2) is 53.9 Å².